The van der Waals surface area contributed by atoms with E-state index in [1.165, 1.54) is 0 Å². The molecule has 2 aromatic rings. The first-order valence-electron chi connectivity index (χ1n) is 8.12. The number of nitrogens with zero attached hydrogens (tertiary/aromatic N) is 3. The highest BCUT2D eigenvalue weighted by molar-refractivity contribution is 5.94. The van der Waals surface area contributed by atoms with Gasteiger partial charge in [-0.3, -0.25) is 4.79 Å². The van der Waals surface area contributed by atoms with Gasteiger partial charge in [0.2, 0.25) is 0 Å². The Labute approximate surface area is 160 Å². The van der Waals surface area contributed by atoms with Gasteiger partial charge in [0.05, 0.1) is 6.33 Å². The van der Waals surface area contributed by atoms with Crippen molar-refractivity contribution < 1.29 is 4.79 Å². The molecular weight excluding hydrogens is 361 g/mol. The number of halogens is 2. The second kappa shape index (κ2) is 11.1. The first-order valence-corrected chi connectivity index (χ1v) is 8.12. The van der Waals surface area contributed by atoms with Crippen LogP contribution in [-0.4, -0.2) is 59.6 Å². The van der Waals surface area contributed by atoms with Gasteiger partial charge in [-0.25, -0.2) is 4.98 Å². The van der Waals surface area contributed by atoms with Gasteiger partial charge < -0.3 is 20.1 Å². The Balaban J connectivity index is 0.00000156. The summed E-state index contributed by atoms with van der Waals surface area (Å²) in [4.78, 5) is 18.6. The quantitative estimate of drug-likeness (QED) is 0.743. The number of carbonyl (C=O) groups excluding carboxylic acids is 1. The zero-order valence-corrected chi connectivity index (χ0v) is 15.7. The molecule has 0 saturated carbocycles. The molecule has 0 spiro atoms. The van der Waals surface area contributed by atoms with Crippen LogP contribution in [0.4, 0.5) is 0 Å². The molecule has 1 aromatic carbocycles. The first-order chi connectivity index (χ1) is 11.3. The summed E-state index contributed by atoms with van der Waals surface area (Å²) < 4.78 is 1.91. The molecule has 6 nitrogen and oxygen atoms in total. The van der Waals surface area contributed by atoms with Gasteiger partial charge >= 0.3 is 0 Å². The average molecular weight is 386 g/mol. The maximum Gasteiger partial charge on any atom is 0.251 e. The summed E-state index contributed by atoms with van der Waals surface area (Å²) in [6.45, 7) is 6.09. The Morgan fingerprint density at radius 3 is 2.52 bits per heavy atom. The van der Waals surface area contributed by atoms with Crippen molar-refractivity contribution in [3.8, 4) is 5.69 Å². The molecule has 2 heterocycles. The molecule has 25 heavy (non-hydrogen) atoms. The largest absolute Gasteiger partial charge is 0.352 e. The van der Waals surface area contributed by atoms with Gasteiger partial charge in [-0.05, 0) is 37.2 Å². The van der Waals surface area contributed by atoms with Gasteiger partial charge in [-0.2, -0.15) is 0 Å². The smallest absolute Gasteiger partial charge is 0.251 e. The molecule has 1 saturated heterocycles. The van der Waals surface area contributed by atoms with Gasteiger partial charge in [0, 0.05) is 56.4 Å². The summed E-state index contributed by atoms with van der Waals surface area (Å²) in [6.07, 6.45) is 6.34. The fraction of sp³-hybridized carbons (Fsp3) is 0.412. The molecule has 1 amide bonds. The van der Waals surface area contributed by atoms with Crippen LogP contribution in [-0.2, 0) is 0 Å². The van der Waals surface area contributed by atoms with Crippen molar-refractivity contribution >= 4 is 30.7 Å². The van der Waals surface area contributed by atoms with E-state index in [9.17, 15) is 4.79 Å². The molecule has 0 unspecified atom stereocenters. The van der Waals surface area contributed by atoms with Crippen LogP contribution >= 0.6 is 24.8 Å². The maximum absolute atomic E-state index is 12.1. The first kappa shape index (κ1) is 21.4. The van der Waals surface area contributed by atoms with Crippen molar-refractivity contribution in [2.75, 3.05) is 39.3 Å². The van der Waals surface area contributed by atoms with Gasteiger partial charge in [0.25, 0.3) is 5.91 Å². The van der Waals surface area contributed by atoms with E-state index in [0.717, 1.165) is 44.8 Å². The monoisotopic (exact) mass is 385 g/mol. The van der Waals surface area contributed by atoms with Crippen LogP contribution in [0.1, 0.15) is 16.8 Å². The number of rotatable bonds is 6. The predicted molar refractivity (Wildman–Crippen MR) is 104 cm³/mol. The molecule has 138 valence electrons. The molecule has 1 aliphatic rings. The Hall–Kier alpha value is -1.60. The van der Waals surface area contributed by atoms with Crippen LogP contribution in [0.25, 0.3) is 5.69 Å². The molecule has 0 aliphatic carbocycles. The van der Waals surface area contributed by atoms with E-state index in [-0.39, 0.29) is 30.7 Å². The third kappa shape index (κ3) is 6.32. The molecule has 1 aromatic heterocycles. The van der Waals surface area contributed by atoms with E-state index in [1.807, 2.05) is 35.0 Å². The highest BCUT2D eigenvalue weighted by atomic mass is 35.5. The Morgan fingerprint density at radius 1 is 1.16 bits per heavy atom. The van der Waals surface area contributed by atoms with Crippen LogP contribution in [0.2, 0.25) is 0 Å². The van der Waals surface area contributed by atoms with Crippen LogP contribution in [0, 0.1) is 0 Å². The van der Waals surface area contributed by atoms with Crippen LogP contribution < -0.4 is 10.6 Å². The maximum atomic E-state index is 12.1. The number of amides is 1. The minimum absolute atomic E-state index is 0. The summed E-state index contributed by atoms with van der Waals surface area (Å²) in [5.41, 5.74) is 1.69. The molecule has 1 fully saturated rings. The third-order valence-electron chi connectivity index (χ3n) is 4.08. The predicted octanol–water partition coefficient (Wildman–Crippen LogP) is 1.74. The van der Waals surface area contributed by atoms with E-state index in [1.54, 1.807) is 12.5 Å². The summed E-state index contributed by atoms with van der Waals surface area (Å²) in [6, 6.07) is 7.55. The molecule has 0 atom stereocenters. The number of imidazole rings is 1. The number of piperazine rings is 1. The van der Waals surface area contributed by atoms with E-state index in [0.29, 0.717) is 12.1 Å². The van der Waals surface area contributed by atoms with Crippen LogP contribution in [0.3, 0.4) is 0 Å². The number of benzene rings is 1. The zero-order chi connectivity index (χ0) is 15.9. The molecule has 8 heteroatoms. The van der Waals surface area contributed by atoms with E-state index < -0.39 is 0 Å². The molecular formula is C17H25Cl2N5O. The number of hydrogen-bond acceptors (Lipinski definition) is 4. The van der Waals surface area contributed by atoms with Crippen molar-refractivity contribution in [2.24, 2.45) is 0 Å². The lowest BCUT2D eigenvalue weighted by Crippen LogP contribution is -2.44. The van der Waals surface area contributed by atoms with Crippen molar-refractivity contribution in [1.82, 2.24) is 25.1 Å². The lowest BCUT2D eigenvalue weighted by atomic mass is 10.2. The van der Waals surface area contributed by atoms with Crippen molar-refractivity contribution in [3.63, 3.8) is 0 Å². The number of aromatic nitrogens is 2. The molecule has 0 bridgehead atoms. The molecule has 1 aliphatic heterocycles. The Morgan fingerprint density at radius 2 is 1.88 bits per heavy atom. The van der Waals surface area contributed by atoms with Gasteiger partial charge in [-0.1, -0.05) is 0 Å². The normalized spacial score (nSPS) is 14.2. The zero-order valence-electron chi connectivity index (χ0n) is 14.1. The average Bonchev–Trinajstić information content (AvgIpc) is 3.14. The second-order valence-corrected chi connectivity index (χ2v) is 5.72. The highest BCUT2D eigenvalue weighted by Gasteiger charge is 2.09. The summed E-state index contributed by atoms with van der Waals surface area (Å²) in [5, 5.41) is 6.33. The fourth-order valence-corrected chi connectivity index (χ4v) is 2.74. The van der Waals surface area contributed by atoms with E-state index in [2.05, 4.69) is 20.5 Å². The van der Waals surface area contributed by atoms with E-state index in [4.69, 9.17) is 0 Å². The van der Waals surface area contributed by atoms with Gasteiger partial charge in [-0.15, -0.1) is 24.8 Å². The van der Waals surface area contributed by atoms with E-state index >= 15 is 0 Å². The minimum atomic E-state index is -0.0116. The fourth-order valence-electron chi connectivity index (χ4n) is 2.74. The summed E-state index contributed by atoms with van der Waals surface area (Å²) in [5.74, 6) is -0.0116. The highest BCUT2D eigenvalue weighted by Crippen LogP contribution is 2.09. The SMILES string of the molecule is Cl.Cl.O=C(NCCCN1CCNCC1)c1ccc(-n2ccnc2)cc1. The number of carbonyl (C=O) groups is 1. The van der Waals surface area contributed by atoms with Crippen molar-refractivity contribution in [2.45, 2.75) is 6.42 Å². The minimum Gasteiger partial charge on any atom is -0.352 e. The van der Waals surface area contributed by atoms with Crippen LogP contribution in [0.5, 0.6) is 0 Å². The van der Waals surface area contributed by atoms with Crippen molar-refractivity contribution in [1.29, 1.82) is 0 Å². The van der Waals surface area contributed by atoms with Crippen molar-refractivity contribution in [3.05, 3.63) is 48.5 Å². The van der Waals surface area contributed by atoms with Crippen LogP contribution in [0.15, 0.2) is 43.0 Å². The molecule has 0 radical (unpaired) electrons. The Bertz CT molecular complexity index is 612. The summed E-state index contributed by atoms with van der Waals surface area (Å²) >= 11 is 0. The van der Waals surface area contributed by atoms with Gasteiger partial charge in [0.1, 0.15) is 0 Å². The lowest BCUT2D eigenvalue weighted by Gasteiger charge is -2.27. The Kier molecular flexibility index (Phi) is 9.52. The summed E-state index contributed by atoms with van der Waals surface area (Å²) in [7, 11) is 0. The van der Waals surface area contributed by atoms with Gasteiger partial charge in [0.15, 0.2) is 0 Å². The molecule has 3 rings (SSSR count). The topological polar surface area (TPSA) is 62.2 Å². The standard InChI is InChI=1S/C17H23N5O.2ClH/c23-17(20-6-1-10-21-11-7-18-8-12-21)15-2-4-16(5-3-15)22-13-9-19-14-22;;/h2-5,9,13-14,18H,1,6-8,10-12H2,(H,20,23);2*1H. The second-order valence-electron chi connectivity index (χ2n) is 5.72. The lowest BCUT2D eigenvalue weighted by molar-refractivity contribution is 0.0951. The number of nitrogens with one attached hydrogen (secondary N) is 2. The number of hydrogen-bond donors (Lipinski definition) is 2. The molecule has 2 N–H and O–H groups in total. The third-order valence-corrected chi connectivity index (χ3v) is 4.08.